The van der Waals surface area contributed by atoms with Gasteiger partial charge in [-0.05, 0) is 145 Å². The van der Waals surface area contributed by atoms with Crippen molar-refractivity contribution in [2.45, 2.75) is 182 Å². The van der Waals surface area contributed by atoms with Gasteiger partial charge in [-0.1, -0.05) is 41.9 Å². The summed E-state index contributed by atoms with van der Waals surface area (Å²) in [7, 11) is 1.67. The van der Waals surface area contributed by atoms with Crippen LogP contribution in [0.4, 0.5) is 55.4 Å². The highest BCUT2D eigenvalue weighted by Crippen LogP contribution is 2.47. The smallest absolute Gasteiger partial charge is 0.329 e. The van der Waals surface area contributed by atoms with Crippen LogP contribution in [0.15, 0.2) is 103 Å². The third-order valence-corrected chi connectivity index (χ3v) is 26.9. The molecular formula is C87H91F5N22O10. The van der Waals surface area contributed by atoms with E-state index in [0.717, 1.165) is 81.8 Å². The Morgan fingerprint density at radius 2 is 1.20 bits per heavy atom. The minimum atomic E-state index is -2.99. The second-order valence-corrected chi connectivity index (χ2v) is 34.5. The number of aromatic nitrogens is 13. The molecule has 9 atom stereocenters. The summed E-state index contributed by atoms with van der Waals surface area (Å²) < 4.78 is 104. The fraction of sp³-hybridized carbons (Fsp3) is 0.494. The van der Waals surface area contributed by atoms with Gasteiger partial charge in [0.15, 0.2) is 22.7 Å². The highest BCUT2D eigenvalue weighted by atomic mass is 19.3. The zero-order valence-electron chi connectivity index (χ0n) is 67.9. The van der Waals surface area contributed by atoms with Gasteiger partial charge in [0.05, 0.1) is 94.7 Å². The highest BCUT2D eigenvalue weighted by Gasteiger charge is 2.58. The quantitative estimate of drug-likeness (QED) is 0.0333. The van der Waals surface area contributed by atoms with Crippen LogP contribution in [0.2, 0.25) is 0 Å². The summed E-state index contributed by atoms with van der Waals surface area (Å²) >= 11 is 0. The van der Waals surface area contributed by atoms with Gasteiger partial charge in [-0.25, -0.2) is 50.5 Å². The van der Waals surface area contributed by atoms with Gasteiger partial charge in [-0.15, -0.1) is 0 Å². The Bertz CT molecular complexity index is 6080. The molecule has 4 N–H and O–H groups in total. The van der Waals surface area contributed by atoms with E-state index < -0.39 is 78.5 Å². The van der Waals surface area contributed by atoms with E-state index in [4.69, 9.17) is 24.2 Å². The van der Waals surface area contributed by atoms with Crippen LogP contribution in [0.5, 0.6) is 0 Å². The molecule has 37 heteroatoms. The molecule has 10 aromatic rings. The number of carbonyl (C=O) groups excluding carboxylic acids is 6. The van der Waals surface area contributed by atoms with Crippen LogP contribution in [0.3, 0.4) is 0 Å². The summed E-state index contributed by atoms with van der Waals surface area (Å²) in [5.74, 6) is 12.4. The zero-order chi connectivity index (χ0) is 84.9. The average molecular weight is 1700 g/mol. The van der Waals surface area contributed by atoms with E-state index in [1.807, 2.05) is 42.5 Å². The number of ether oxygens (including phenoxy) is 3. The number of likely N-dealkylation sites (tertiary alicyclic amines) is 2. The number of nitrogens with one attached hydrogen (secondary N) is 4. The van der Waals surface area contributed by atoms with Crippen LogP contribution >= 0.6 is 0 Å². The van der Waals surface area contributed by atoms with Crippen LogP contribution in [-0.4, -0.2) is 223 Å². The number of anilines is 5. The summed E-state index contributed by atoms with van der Waals surface area (Å²) in [5, 5.41) is 29.2. The standard InChI is InChI=1S/C87H91F5N22O10/c1-104-76-52(6-3-9-64(76)114(87(104)121)65-20-21-72(115)100-85(65)119)15-10-48-22-28-105(29-23-48)41-49-11-16-53(17-12-49)112-46-62(74(102-112)79(89)90)96-83(117)59-38-94-110-32-25-70(98-81(59)110)108-43-55-35-66(108)77(123-55)78-67-36-56(124-78)44-109(67)71-26-33-111-82(99-71)60(39-95-111)84(118)97-63-47-113(103-75(63)80(91)92)54-18-13-50(14-19-54)42-106-30-24-69(61(88)45-106)122-34-4-7-51-5-2-8-57-58(51)37-93-40-68(57)107-31-27-73(116)101-86(107)120/h2-3,5-6,8-9,25-26,32-33,37-40,46-50,53-56,61,65-67,69,77-80H,11-14,16-24,27-31,34-36,41-45H2,1H3,(H,96,117)(H,97,118)(H,100,115,119)(H,101,116,120)/t49-,50-,53-,54-,55-,56-,61+,65?,66-,67-,69-,77?,78?/m1/s1. The topological polar surface area (TPSA) is 330 Å². The maximum absolute atomic E-state index is 15.8. The second kappa shape index (κ2) is 33.2. The maximum Gasteiger partial charge on any atom is 0.329 e. The number of nitrogens with zero attached hydrogens (tertiary/aromatic N) is 18. The van der Waals surface area contributed by atoms with Crippen molar-refractivity contribution in [3.8, 4) is 23.7 Å². The molecule has 2 saturated carbocycles. The first-order chi connectivity index (χ1) is 60.2. The molecule has 16 heterocycles. The number of alkyl halides is 5. The minimum Gasteiger partial charge on any atom is -0.368 e. The van der Waals surface area contributed by atoms with Crippen molar-refractivity contribution in [1.29, 1.82) is 0 Å². The number of morpholine rings is 2. The molecule has 8 saturated heterocycles. The Kier molecular flexibility index (Phi) is 21.5. The number of benzene rings is 2. The number of para-hydroxylation sites is 1. The van der Waals surface area contributed by atoms with Gasteiger partial charge in [-0.2, -0.15) is 20.4 Å². The summed E-state index contributed by atoms with van der Waals surface area (Å²) in [5.41, 5.74) is 2.16. The normalized spacial score (nSPS) is 26.4. The highest BCUT2D eigenvalue weighted by molar-refractivity contribution is 6.11. The predicted molar refractivity (Wildman–Crippen MR) is 442 cm³/mol. The van der Waals surface area contributed by atoms with Gasteiger partial charge in [0.2, 0.25) is 17.7 Å². The van der Waals surface area contributed by atoms with Crippen molar-refractivity contribution in [1.82, 2.24) is 83.3 Å². The van der Waals surface area contributed by atoms with Crippen molar-refractivity contribution in [2.24, 2.45) is 24.8 Å². The fourth-order valence-corrected chi connectivity index (χ4v) is 20.7. The molecule has 0 radical (unpaired) electrons. The van der Waals surface area contributed by atoms with Gasteiger partial charge in [0.25, 0.3) is 24.7 Å². The number of urea groups is 1. The Morgan fingerprint density at radius 1 is 0.621 bits per heavy atom. The summed E-state index contributed by atoms with van der Waals surface area (Å²) in [6.07, 6.45) is 13.7. The molecule has 20 rings (SSSR count). The lowest BCUT2D eigenvalue weighted by Gasteiger charge is -2.42. The van der Waals surface area contributed by atoms with Crippen molar-refractivity contribution in [3.63, 3.8) is 0 Å². The molecule has 10 fully saturated rings. The number of hydrogen-bond donors (Lipinski definition) is 4. The number of pyridine rings is 1. The molecule has 10 aliphatic rings. The number of imidazole rings is 1. The van der Waals surface area contributed by atoms with E-state index in [2.05, 4.69) is 89.9 Å². The number of piperidine rings is 3. The average Bonchev–Trinajstić information content (AvgIpc) is 1.55. The monoisotopic (exact) mass is 1700 g/mol. The van der Waals surface area contributed by atoms with Crippen molar-refractivity contribution >= 4 is 97.4 Å². The molecular weight excluding hydrogens is 1610 g/mol. The number of rotatable bonds is 19. The molecule has 644 valence electrons. The number of amides is 7. The minimum absolute atomic E-state index is 0.0149. The van der Waals surface area contributed by atoms with E-state index in [9.17, 15) is 51.1 Å². The first kappa shape index (κ1) is 80.4. The van der Waals surface area contributed by atoms with E-state index in [0.29, 0.717) is 104 Å². The lowest BCUT2D eigenvalue weighted by Crippen LogP contribution is -2.56. The molecule has 7 amide bonds. The largest absolute Gasteiger partial charge is 0.368 e. The zero-order valence-corrected chi connectivity index (χ0v) is 67.9. The van der Waals surface area contributed by atoms with Crippen LogP contribution in [-0.2, 0) is 35.6 Å². The van der Waals surface area contributed by atoms with E-state index in [1.165, 1.54) is 52.5 Å². The summed E-state index contributed by atoms with van der Waals surface area (Å²) in [6.45, 7) is 5.45. The van der Waals surface area contributed by atoms with Crippen LogP contribution < -0.4 is 41.7 Å². The molecule has 0 spiro atoms. The Morgan fingerprint density at radius 3 is 1.78 bits per heavy atom. The Hall–Kier alpha value is -12.0. The SMILES string of the molecule is Cn1c(=O)n(C2CCC(=O)NC2=O)c2cccc(C#CC3CCN(C[C@H]4CC[C@H](n5cc(NC(=O)c6cnn7ccc(N8C[C@H]9C[C@@H]8C(C8O[C@@H]%10C[C@H]8N(c8ccn%11ncc(C(=O)Nc%12cn([C@H]%13CC[C@H](CN%14CC[C@@H](OCC#Cc%15cccc%16c(N%17CCC(=O)NC%17=O)cncc%15%16)[C@@H](F)C%14)CC%13)nc%12C(F)F)c%11n8)C%10)O9)nc67)c(C(F)F)n5)CC4)CC3)c21. The number of fused-ring (bicyclic) bond motifs is 8. The van der Waals surface area contributed by atoms with Gasteiger partial charge >= 0.3 is 11.7 Å². The van der Waals surface area contributed by atoms with Crippen LogP contribution in [0.1, 0.15) is 177 Å². The van der Waals surface area contributed by atoms with Gasteiger partial charge in [0.1, 0.15) is 53.8 Å². The molecule has 3 unspecified atom stereocenters. The summed E-state index contributed by atoms with van der Waals surface area (Å²) in [6, 6.07) is 12.7. The van der Waals surface area contributed by atoms with Crippen LogP contribution in [0.25, 0.3) is 33.1 Å². The van der Waals surface area contributed by atoms with E-state index in [-0.39, 0.29) is 138 Å². The van der Waals surface area contributed by atoms with Crippen LogP contribution in [0, 0.1) is 41.4 Å². The molecule has 4 bridgehead atoms. The van der Waals surface area contributed by atoms with E-state index >= 15 is 4.39 Å². The third-order valence-electron chi connectivity index (χ3n) is 26.9. The number of carbonyl (C=O) groups is 6. The lowest BCUT2D eigenvalue weighted by atomic mass is 9.85. The van der Waals surface area contributed by atoms with Gasteiger partial charge in [0, 0.05) is 119 Å². The summed E-state index contributed by atoms with van der Waals surface area (Å²) in [4.78, 5) is 116. The van der Waals surface area contributed by atoms with Crippen molar-refractivity contribution in [2.75, 3.05) is 90.8 Å². The van der Waals surface area contributed by atoms with Crippen molar-refractivity contribution < 1.29 is 64.9 Å². The number of aryl methyl sites for hydroxylation is 1. The molecule has 2 aliphatic carbocycles. The van der Waals surface area contributed by atoms with Crippen molar-refractivity contribution in [3.05, 3.63) is 142 Å². The molecule has 8 aliphatic heterocycles. The third kappa shape index (κ3) is 15.4. The molecule has 124 heavy (non-hydrogen) atoms. The lowest BCUT2D eigenvalue weighted by molar-refractivity contribution is -0.135. The molecule has 8 aromatic heterocycles. The Balaban J connectivity index is 0.425. The maximum atomic E-state index is 15.8. The number of halogens is 5. The van der Waals surface area contributed by atoms with E-state index in [1.54, 1.807) is 42.6 Å². The Labute approximate surface area is 706 Å². The van der Waals surface area contributed by atoms with Gasteiger partial charge in [-0.3, -0.25) is 67.9 Å². The number of hydrogen-bond acceptors (Lipinski definition) is 21. The second-order valence-electron chi connectivity index (χ2n) is 34.5. The first-order valence-electron chi connectivity index (χ1n) is 42.9. The van der Waals surface area contributed by atoms with Gasteiger partial charge < -0.3 is 39.5 Å². The predicted octanol–water partition coefficient (Wildman–Crippen LogP) is 9.27. The fourth-order valence-electron chi connectivity index (χ4n) is 20.7. The molecule has 2 aromatic carbocycles. The molecule has 32 nitrogen and oxygen atoms in total. The first-order valence-corrected chi connectivity index (χ1v) is 42.9. The number of imide groups is 2.